The van der Waals surface area contributed by atoms with Gasteiger partial charge in [-0.25, -0.2) is 9.78 Å². The summed E-state index contributed by atoms with van der Waals surface area (Å²) in [5.41, 5.74) is 0.425. The number of nitrogens with zero attached hydrogens (tertiary/aromatic N) is 2. The van der Waals surface area contributed by atoms with Crippen molar-refractivity contribution in [2.75, 3.05) is 5.32 Å². The SMILES string of the molecule is CC1(C)C(O)CC1Nc1nc2ccccn2c1C(=O)O. The molecule has 0 aromatic carbocycles. The van der Waals surface area contributed by atoms with Crippen LogP contribution in [-0.4, -0.2) is 37.7 Å². The largest absolute Gasteiger partial charge is 0.476 e. The Bertz CT molecular complexity index is 677. The van der Waals surface area contributed by atoms with E-state index in [9.17, 15) is 15.0 Å². The Hall–Kier alpha value is -2.08. The average Bonchev–Trinajstić information content (AvgIpc) is 2.76. The van der Waals surface area contributed by atoms with Crippen molar-refractivity contribution in [3.05, 3.63) is 30.1 Å². The van der Waals surface area contributed by atoms with Crippen molar-refractivity contribution in [3.63, 3.8) is 0 Å². The molecule has 0 radical (unpaired) electrons. The molecule has 2 heterocycles. The fourth-order valence-corrected chi connectivity index (χ4v) is 2.61. The van der Waals surface area contributed by atoms with E-state index < -0.39 is 5.97 Å². The lowest BCUT2D eigenvalue weighted by molar-refractivity contribution is -0.0511. The van der Waals surface area contributed by atoms with Gasteiger partial charge in [-0.15, -0.1) is 0 Å². The molecule has 0 aliphatic heterocycles. The third-order valence-electron chi connectivity index (χ3n) is 4.26. The number of rotatable bonds is 3. The maximum atomic E-state index is 11.5. The fourth-order valence-electron chi connectivity index (χ4n) is 2.61. The summed E-state index contributed by atoms with van der Waals surface area (Å²) in [6, 6.07) is 5.36. The first-order valence-electron chi connectivity index (χ1n) is 6.56. The number of carboxylic acids is 1. The van der Waals surface area contributed by atoms with Crippen LogP contribution in [0.25, 0.3) is 5.65 Å². The van der Waals surface area contributed by atoms with Gasteiger partial charge in [0.1, 0.15) is 5.65 Å². The molecule has 2 atom stereocenters. The molecule has 0 saturated heterocycles. The number of carbonyl (C=O) groups is 1. The molecule has 2 aromatic rings. The Morgan fingerprint density at radius 1 is 1.50 bits per heavy atom. The lowest BCUT2D eigenvalue weighted by Gasteiger charge is -2.49. The van der Waals surface area contributed by atoms with Gasteiger partial charge in [-0.05, 0) is 18.6 Å². The molecule has 6 nitrogen and oxygen atoms in total. The number of nitrogens with one attached hydrogen (secondary N) is 1. The van der Waals surface area contributed by atoms with Gasteiger partial charge in [0.15, 0.2) is 11.5 Å². The minimum atomic E-state index is -1.02. The van der Waals surface area contributed by atoms with E-state index in [-0.39, 0.29) is 23.3 Å². The van der Waals surface area contributed by atoms with Gasteiger partial charge in [0, 0.05) is 17.7 Å². The number of aromatic nitrogens is 2. The highest BCUT2D eigenvalue weighted by Crippen LogP contribution is 2.42. The number of aliphatic hydroxyl groups excluding tert-OH is 1. The Labute approximate surface area is 116 Å². The van der Waals surface area contributed by atoms with Gasteiger partial charge in [-0.2, -0.15) is 0 Å². The van der Waals surface area contributed by atoms with Crippen LogP contribution in [0.4, 0.5) is 5.82 Å². The minimum Gasteiger partial charge on any atom is -0.476 e. The molecule has 20 heavy (non-hydrogen) atoms. The van der Waals surface area contributed by atoms with E-state index in [0.29, 0.717) is 17.9 Å². The van der Waals surface area contributed by atoms with Crippen LogP contribution in [0, 0.1) is 5.41 Å². The van der Waals surface area contributed by atoms with Crippen LogP contribution in [0.3, 0.4) is 0 Å². The summed E-state index contributed by atoms with van der Waals surface area (Å²) >= 11 is 0. The molecule has 1 aliphatic carbocycles. The normalized spacial score (nSPS) is 24.4. The van der Waals surface area contributed by atoms with Crippen molar-refractivity contribution in [1.82, 2.24) is 9.38 Å². The number of aromatic carboxylic acids is 1. The number of hydrogen-bond acceptors (Lipinski definition) is 4. The predicted octanol–water partition coefficient (Wildman–Crippen LogP) is 1.60. The second-order valence-corrected chi connectivity index (χ2v) is 5.81. The molecule has 1 saturated carbocycles. The van der Waals surface area contributed by atoms with Crippen LogP contribution in [-0.2, 0) is 0 Å². The van der Waals surface area contributed by atoms with Gasteiger partial charge in [-0.3, -0.25) is 4.40 Å². The Kier molecular flexibility index (Phi) is 2.72. The first-order chi connectivity index (χ1) is 9.41. The molecule has 0 spiro atoms. The summed E-state index contributed by atoms with van der Waals surface area (Å²) < 4.78 is 1.55. The maximum absolute atomic E-state index is 11.5. The second-order valence-electron chi connectivity index (χ2n) is 5.81. The predicted molar refractivity (Wildman–Crippen MR) is 74.0 cm³/mol. The van der Waals surface area contributed by atoms with Crippen molar-refractivity contribution in [3.8, 4) is 0 Å². The van der Waals surface area contributed by atoms with E-state index in [0.717, 1.165) is 0 Å². The summed E-state index contributed by atoms with van der Waals surface area (Å²) in [6.07, 6.45) is 1.91. The molecule has 2 unspecified atom stereocenters. The fraction of sp³-hybridized carbons (Fsp3) is 0.429. The van der Waals surface area contributed by atoms with Crippen molar-refractivity contribution < 1.29 is 15.0 Å². The van der Waals surface area contributed by atoms with E-state index in [1.807, 2.05) is 19.9 Å². The molecule has 0 bridgehead atoms. The highest BCUT2D eigenvalue weighted by Gasteiger charge is 2.47. The lowest BCUT2D eigenvalue weighted by atomic mass is 9.64. The highest BCUT2D eigenvalue weighted by molar-refractivity contribution is 5.93. The zero-order chi connectivity index (χ0) is 14.5. The number of pyridine rings is 1. The third kappa shape index (κ3) is 1.76. The van der Waals surface area contributed by atoms with Crippen molar-refractivity contribution >= 4 is 17.4 Å². The van der Waals surface area contributed by atoms with Gasteiger partial charge >= 0.3 is 5.97 Å². The van der Waals surface area contributed by atoms with E-state index in [4.69, 9.17) is 0 Å². The molecule has 3 rings (SSSR count). The summed E-state index contributed by atoms with van der Waals surface area (Å²) in [7, 11) is 0. The molecule has 1 fully saturated rings. The summed E-state index contributed by atoms with van der Waals surface area (Å²) in [5, 5.41) is 22.3. The number of hydrogen-bond donors (Lipinski definition) is 3. The van der Waals surface area contributed by atoms with Crippen molar-refractivity contribution in [1.29, 1.82) is 0 Å². The quantitative estimate of drug-likeness (QED) is 0.792. The van der Waals surface area contributed by atoms with E-state index in [2.05, 4.69) is 10.3 Å². The van der Waals surface area contributed by atoms with Gasteiger partial charge in [0.25, 0.3) is 0 Å². The number of aliphatic hydroxyl groups is 1. The molecule has 2 aromatic heterocycles. The standard InChI is InChI=1S/C14H17N3O3/c1-14(2)8(7-9(14)18)15-12-11(13(19)20)17-6-4-3-5-10(17)16-12/h3-6,8-9,15,18H,7H2,1-2H3,(H,19,20). The number of imidazole rings is 1. The third-order valence-corrected chi connectivity index (χ3v) is 4.26. The van der Waals surface area contributed by atoms with Gasteiger partial charge in [-0.1, -0.05) is 19.9 Å². The van der Waals surface area contributed by atoms with Gasteiger partial charge in [0.2, 0.25) is 0 Å². The smallest absolute Gasteiger partial charge is 0.356 e. The number of anilines is 1. The van der Waals surface area contributed by atoms with E-state index in [1.54, 1.807) is 22.7 Å². The molecular weight excluding hydrogens is 258 g/mol. The first-order valence-corrected chi connectivity index (χ1v) is 6.56. The molecule has 1 aliphatic rings. The number of carboxylic acid groups (broad SMARTS) is 1. The summed E-state index contributed by atoms with van der Waals surface area (Å²) in [5.74, 6) is -0.669. The van der Waals surface area contributed by atoms with Crippen LogP contribution in [0.5, 0.6) is 0 Å². The molecule has 0 amide bonds. The minimum absolute atomic E-state index is 0.0144. The molecule has 6 heteroatoms. The maximum Gasteiger partial charge on any atom is 0.356 e. The van der Waals surface area contributed by atoms with Gasteiger partial charge in [0.05, 0.1) is 6.10 Å². The average molecular weight is 275 g/mol. The Morgan fingerprint density at radius 2 is 2.25 bits per heavy atom. The van der Waals surface area contributed by atoms with Crippen LogP contribution >= 0.6 is 0 Å². The van der Waals surface area contributed by atoms with E-state index in [1.165, 1.54) is 0 Å². The van der Waals surface area contributed by atoms with Crippen molar-refractivity contribution in [2.45, 2.75) is 32.4 Å². The molecule has 3 N–H and O–H groups in total. The van der Waals surface area contributed by atoms with Crippen molar-refractivity contribution in [2.24, 2.45) is 5.41 Å². The lowest BCUT2D eigenvalue weighted by Crippen LogP contribution is -2.57. The Balaban J connectivity index is 2.00. The van der Waals surface area contributed by atoms with E-state index >= 15 is 0 Å². The number of fused-ring (bicyclic) bond motifs is 1. The summed E-state index contributed by atoms with van der Waals surface area (Å²) in [4.78, 5) is 15.8. The zero-order valence-corrected chi connectivity index (χ0v) is 11.4. The Morgan fingerprint density at radius 3 is 2.85 bits per heavy atom. The second kappa shape index (κ2) is 4.21. The highest BCUT2D eigenvalue weighted by atomic mass is 16.4. The van der Waals surface area contributed by atoms with Crippen LogP contribution in [0.2, 0.25) is 0 Å². The monoisotopic (exact) mass is 275 g/mol. The van der Waals surface area contributed by atoms with Crippen LogP contribution < -0.4 is 5.32 Å². The van der Waals surface area contributed by atoms with Crippen LogP contribution in [0.15, 0.2) is 24.4 Å². The molecule has 106 valence electrons. The first kappa shape index (κ1) is 12.9. The zero-order valence-electron chi connectivity index (χ0n) is 11.4. The topological polar surface area (TPSA) is 86.9 Å². The van der Waals surface area contributed by atoms with Crippen LogP contribution in [0.1, 0.15) is 30.8 Å². The van der Waals surface area contributed by atoms with Gasteiger partial charge < -0.3 is 15.5 Å². The molecular formula is C14H17N3O3. The summed E-state index contributed by atoms with van der Waals surface area (Å²) in [6.45, 7) is 3.91.